The molecule has 0 atom stereocenters. The lowest BCUT2D eigenvalue weighted by atomic mass is 10.2. The Bertz CT molecular complexity index is 732. The van der Waals surface area contributed by atoms with Gasteiger partial charge in [-0.3, -0.25) is 10.1 Å². The van der Waals surface area contributed by atoms with Gasteiger partial charge in [0.2, 0.25) is 5.88 Å². The molecule has 2 rings (SSSR count). The Hall–Kier alpha value is -2.67. The molecule has 0 saturated carbocycles. The molecule has 8 heteroatoms. The first kappa shape index (κ1) is 14.7. The lowest BCUT2D eigenvalue weighted by molar-refractivity contribution is -0.385. The molecule has 0 saturated heterocycles. The summed E-state index contributed by atoms with van der Waals surface area (Å²) in [6, 6.07) is 5.41. The molecule has 0 aliphatic heterocycles. The van der Waals surface area contributed by atoms with E-state index in [4.69, 9.17) is 21.4 Å². The minimum absolute atomic E-state index is 0.0231. The molecule has 1 aromatic carbocycles. The van der Waals surface area contributed by atoms with Gasteiger partial charge in [0.15, 0.2) is 0 Å². The third-order valence-corrected chi connectivity index (χ3v) is 2.90. The quantitative estimate of drug-likeness (QED) is 0.685. The summed E-state index contributed by atoms with van der Waals surface area (Å²) in [5, 5.41) is 19.6. The number of nitro groups is 1. The van der Waals surface area contributed by atoms with Gasteiger partial charge in [0.25, 0.3) is 5.69 Å². The number of hydrogen-bond donors (Lipinski definition) is 1. The van der Waals surface area contributed by atoms with E-state index in [1.807, 2.05) is 0 Å². The van der Waals surface area contributed by atoms with Crippen molar-refractivity contribution in [3.63, 3.8) is 0 Å². The SMILES string of the molecule is Cc1cc(Oc2ncc(C(=O)O)cc2Cl)ccc1[N+](=O)[O-]. The summed E-state index contributed by atoms with van der Waals surface area (Å²) in [6.45, 7) is 1.58. The van der Waals surface area contributed by atoms with E-state index in [-0.39, 0.29) is 22.2 Å². The molecule has 1 heterocycles. The van der Waals surface area contributed by atoms with Crippen molar-refractivity contribution in [1.82, 2.24) is 4.98 Å². The molecular formula is C13H9ClN2O5. The van der Waals surface area contributed by atoms with Crippen LogP contribution in [0, 0.1) is 17.0 Å². The first-order chi connectivity index (χ1) is 9.88. The zero-order chi connectivity index (χ0) is 15.6. The lowest BCUT2D eigenvalue weighted by Crippen LogP contribution is -1.99. The third-order valence-electron chi connectivity index (χ3n) is 2.63. The van der Waals surface area contributed by atoms with E-state index in [1.165, 1.54) is 24.3 Å². The molecule has 0 unspecified atom stereocenters. The Balaban J connectivity index is 2.28. The van der Waals surface area contributed by atoms with E-state index in [9.17, 15) is 14.9 Å². The number of aromatic nitrogens is 1. The molecule has 1 aromatic heterocycles. The topological polar surface area (TPSA) is 103 Å². The first-order valence-corrected chi connectivity index (χ1v) is 6.08. The van der Waals surface area contributed by atoms with E-state index < -0.39 is 10.9 Å². The van der Waals surface area contributed by atoms with Crippen LogP contribution in [0.3, 0.4) is 0 Å². The average molecular weight is 309 g/mol. The standard InChI is InChI=1S/C13H9ClN2O5/c1-7-4-9(2-3-11(7)16(19)20)21-12-10(14)5-8(6-15-12)13(17)18/h2-6H,1H3,(H,17,18). The van der Waals surface area contributed by atoms with Crippen LogP contribution >= 0.6 is 11.6 Å². The second-order valence-corrected chi connectivity index (χ2v) is 4.53. The molecule has 21 heavy (non-hydrogen) atoms. The normalized spacial score (nSPS) is 10.2. The molecule has 7 nitrogen and oxygen atoms in total. The number of nitro benzene ring substituents is 1. The Kier molecular flexibility index (Phi) is 4.04. The number of carboxylic acid groups (broad SMARTS) is 1. The molecular weight excluding hydrogens is 300 g/mol. The maximum absolute atomic E-state index is 10.8. The molecule has 0 aliphatic rings. The van der Waals surface area contributed by atoms with E-state index in [0.717, 1.165) is 6.20 Å². The van der Waals surface area contributed by atoms with Crippen LogP contribution in [0.15, 0.2) is 30.5 Å². The predicted octanol–water partition coefficient (Wildman–Crippen LogP) is 3.44. The van der Waals surface area contributed by atoms with Crippen LogP contribution in [0.25, 0.3) is 0 Å². The van der Waals surface area contributed by atoms with Crippen molar-refractivity contribution in [3.8, 4) is 11.6 Å². The number of ether oxygens (including phenoxy) is 1. The zero-order valence-electron chi connectivity index (χ0n) is 10.7. The third kappa shape index (κ3) is 3.26. The highest BCUT2D eigenvalue weighted by atomic mass is 35.5. The van der Waals surface area contributed by atoms with Gasteiger partial charge < -0.3 is 9.84 Å². The summed E-state index contributed by atoms with van der Waals surface area (Å²) in [4.78, 5) is 24.8. The van der Waals surface area contributed by atoms with Gasteiger partial charge in [0.1, 0.15) is 10.8 Å². The Morgan fingerprint density at radius 2 is 2.14 bits per heavy atom. The van der Waals surface area contributed by atoms with Gasteiger partial charge >= 0.3 is 5.97 Å². The fourth-order valence-corrected chi connectivity index (χ4v) is 1.83. The average Bonchev–Trinajstić information content (AvgIpc) is 2.40. The fourth-order valence-electron chi connectivity index (χ4n) is 1.63. The van der Waals surface area contributed by atoms with Gasteiger partial charge in [-0.25, -0.2) is 9.78 Å². The van der Waals surface area contributed by atoms with Crippen molar-refractivity contribution >= 4 is 23.3 Å². The molecule has 0 aliphatic carbocycles. The number of hydrogen-bond acceptors (Lipinski definition) is 5. The summed E-state index contributed by atoms with van der Waals surface area (Å²) >= 11 is 5.89. The molecule has 2 aromatic rings. The van der Waals surface area contributed by atoms with E-state index >= 15 is 0 Å². The van der Waals surface area contributed by atoms with Gasteiger partial charge in [-0.15, -0.1) is 0 Å². The lowest BCUT2D eigenvalue weighted by Gasteiger charge is -2.07. The molecule has 0 spiro atoms. The van der Waals surface area contributed by atoms with E-state index in [0.29, 0.717) is 11.3 Å². The smallest absolute Gasteiger partial charge is 0.337 e. The number of benzene rings is 1. The molecule has 108 valence electrons. The Labute approximate surface area is 123 Å². The number of rotatable bonds is 4. The van der Waals surface area contributed by atoms with Crippen LogP contribution in [-0.4, -0.2) is 21.0 Å². The first-order valence-electron chi connectivity index (χ1n) is 5.70. The number of carboxylic acids is 1. The minimum atomic E-state index is -1.15. The van der Waals surface area contributed by atoms with Crippen molar-refractivity contribution < 1.29 is 19.6 Å². The molecule has 0 fully saturated rings. The molecule has 0 radical (unpaired) electrons. The van der Waals surface area contributed by atoms with Gasteiger partial charge in [-0.05, 0) is 25.1 Å². The number of pyridine rings is 1. The highest BCUT2D eigenvalue weighted by Gasteiger charge is 2.13. The van der Waals surface area contributed by atoms with Crippen molar-refractivity contribution in [3.05, 3.63) is 56.7 Å². The summed E-state index contributed by atoms with van der Waals surface area (Å²) in [5.41, 5.74) is 0.339. The minimum Gasteiger partial charge on any atom is -0.478 e. The summed E-state index contributed by atoms with van der Waals surface area (Å²) in [6.07, 6.45) is 1.11. The van der Waals surface area contributed by atoms with Crippen LogP contribution in [0.2, 0.25) is 5.02 Å². The Morgan fingerprint density at radius 1 is 1.43 bits per heavy atom. The number of nitrogens with zero attached hydrogens (tertiary/aromatic N) is 2. The van der Waals surface area contributed by atoms with E-state index in [2.05, 4.69) is 4.98 Å². The predicted molar refractivity (Wildman–Crippen MR) is 74.1 cm³/mol. The maximum atomic E-state index is 10.8. The highest BCUT2D eigenvalue weighted by molar-refractivity contribution is 6.32. The monoisotopic (exact) mass is 308 g/mol. The zero-order valence-corrected chi connectivity index (χ0v) is 11.5. The van der Waals surface area contributed by atoms with Gasteiger partial charge in [-0.1, -0.05) is 11.6 Å². The number of aromatic carboxylic acids is 1. The molecule has 0 bridgehead atoms. The van der Waals surface area contributed by atoms with Crippen molar-refractivity contribution in [2.24, 2.45) is 0 Å². The van der Waals surface area contributed by atoms with Gasteiger partial charge in [0, 0.05) is 17.8 Å². The van der Waals surface area contributed by atoms with Crippen LogP contribution in [0.5, 0.6) is 11.6 Å². The highest BCUT2D eigenvalue weighted by Crippen LogP contribution is 2.30. The second kappa shape index (κ2) is 5.76. The Morgan fingerprint density at radius 3 is 2.67 bits per heavy atom. The summed E-state index contributed by atoms with van der Waals surface area (Å²) in [7, 11) is 0. The van der Waals surface area contributed by atoms with Crippen molar-refractivity contribution in [2.45, 2.75) is 6.92 Å². The summed E-state index contributed by atoms with van der Waals surface area (Å²) in [5.74, 6) is -0.812. The molecule has 1 N–H and O–H groups in total. The maximum Gasteiger partial charge on any atom is 0.337 e. The largest absolute Gasteiger partial charge is 0.478 e. The fraction of sp³-hybridized carbons (Fsp3) is 0.0769. The number of carbonyl (C=O) groups is 1. The van der Waals surface area contributed by atoms with Crippen LogP contribution < -0.4 is 4.74 Å². The van der Waals surface area contributed by atoms with Crippen molar-refractivity contribution in [2.75, 3.05) is 0 Å². The molecule has 0 amide bonds. The second-order valence-electron chi connectivity index (χ2n) is 4.12. The summed E-state index contributed by atoms with van der Waals surface area (Å²) < 4.78 is 5.40. The van der Waals surface area contributed by atoms with Crippen LogP contribution in [0.4, 0.5) is 5.69 Å². The number of halogens is 1. The van der Waals surface area contributed by atoms with Crippen LogP contribution in [0.1, 0.15) is 15.9 Å². The van der Waals surface area contributed by atoms with Crippen molar-refractivity contribution in [1.29, 1.82) is 0 Å². The number of aryl methyl sites for hydroxylation is 1. The van der Waals surface area contributed by atoms with Gasteiger partial charge in [0.05, 0.1) is 10.5 Å². The van der Waals surface area contributed by atoms with E-state index in [1.54, 1.807) is 6.92 Å². The van der Waals surface area contributed by atoms with Crippen LogP contribution in [-0.2, 0) is 0 Å². The van der Waals surface area contributed by atoms with Gasteiger partial charge in [-0.2, -0.15) is 0 Å².